The number of nitrogens with zero attached hydrogens (tertiary/aromatic N) is 4. The predicted octanol–water partition coefficient (Wildman–Crippen LogP) is 3.68. The molecule has 5 rings (SSSR count). The number of fused-ring (bicyclic) bond motifs is 1. The molecule has 0 bridgehead atoms. The molecule has 8 nitrogen and oxygen atoms in total. The highest BCUT2D eigenvalue weighted by molar-refractivity contribution is 6.24. The van der Waals surface area contributed by atoms with Gasteiger partial charge in [0.05, 0.1) is 18.5 Å². The molecular weight excluding hydrogens is 426 g/mol. The zero-order valence-electron chi connectivity index (χ0n) is 20.4. The molecule has 3 aliphatic rings. The van der Waals surface area contributed by atoms with Crippen LogP contribution in [0.5, 0.6) is 5.75 Å². The molecule has 34 heavy (non-hydrogen) atoms. The second-order valence-electron chi connectivity index (χ2n) is 9.51. The Bertz CT molecular complexity index is 1100. The van der Waals surface area contributed by atoms with Gasteiger partial charge in [0.2, 0.25) is 5.95 Å². The first kappa shape index (κ1) is 22.7. The van der Waals surface area contributed by atoms with Crippen molar-refractivity contribution in [1.82, 2.24) is 20.2 Å². The van der Waals surface area contributed by atoms with E-state index in [1.165, 1.54) is 24.9 Å². The Morgan fingerprint density at radius 2 is 1.94 bits per heavy atom. The lowest BCUT2D eigenvalue weighted by Crippen LogP contribution is -2.44. The second kappa shape index (κ2) is 9.62. The number of ether oxygens (including phenoxy) is 1. The van der Waals surface area contributed by atoms with Crippen molar-refractivity contribution in [3.8, 4) is 5.75 Å². The molecule has 2 heterocycles. The van der Waals surface area contributed by atoms with E-state index >= 15 is 0 Å². The van der Waals surface area contributed by atoms with Gasteiger partial charge in [-0.15, -0.1) is 0 Å². The summed E-state index contributed by atoms with van der Waals surface area (Å²) >= 11 is 0. The van der Waals surface area contributed by atoms with Crippen molar-refractivity contribution in [2.75, 3.05) is 57.6 Å². The maximum Gasteiger partial charge on any atom is 0.227 e. The largest absolute Gasteiger partial charge is 0.494 e. The van der Waals surface area contributed by atoms with Crippen LogP contribution in [0.3, 0.4) is 0 Å². The summed E-state index contributed by atoms with van der Waals surface area (Å²) in [5.41, 5.74) is 6.80. The van der Waals surface area contributed by atoms with Crippen molar-refractivity contribution in [3.05, 3.63) is 41.4 Å². The average molecular weight is 462 g/mol. The number of nitrogens with one attached hydrogen (secondary N) is 3. The van der Waals surface area contributed by atoms with Gasteiger partial charge in [-0.2, -0.15) is 0 Å². The van der Waals surface area contributed by atoms with Crippen LogP contribution in [0.25, 0.3) is 5.57 Å². The van der Waals surface area contributed by atoms with Gasteiger partial charge in [0.1, 0.15) is 5.75 Å². The van der Waals surface area contributed by atoms with E-state index < -0.39 is 0 Å². The van der Waals surface area contributed by atoms with Crippen LogP contribution in [0.1, 0.15) is 36.9 Å². The van der Waals surface area contributed by atoms with Crippen LogP contribution in [0.15, 0.2) is 30.1 Å². The fourth-order valence-corrected chi connectivity index (χ4v) is 5.08. The highest BCUT2D eigenvalue weighted by Gasteiger charge is 2.30. The summed E-state index contributed by atoms with van der Waals surface area (Å²) in [6, 6.07) is 6.26. The van der Waals surface area contributed by atoms with E-state index in [9.17, 15) is 0 Å². The van der Waals surface area contributed by atoms with Gasteiger partial charge in [-0.05, 0) is 56.3 Å². The highest BCUT2D eigenvalue weighted by atomic mass is 16.5. The molecule has 3 N–H and O–H groups in total. The molecule has 2 aromatic rings. The first-order valence-electron chi connectivity index (χ1n) is 12.3. The molecule has 0 spiro atoms. The standard InChI is InChI=1S/C26H35N7O/c1-28-24(17-5-4-6-17)23-20(27)9-7-18-16-29-26(31-25(18)23)30-21-10-8-19(15-22(21)34-3)33-13-11-32(2)12-14-33/h8,10,15-17,27-28H,4-7,9,11-14H2,1-3H3,(H,29,30,31)/b24-23+,27-20?. The van der Waals surface area contributed by atoms with Gasteiger partial charge in [0, 0.05) is 68.2 Å². The van der Waals surface area contributed by atoms with E-state index in [1.54, 1.807) is 7.11 Å². The Labute approximate surface area is 201 Å². The smallest absolute Gasteiger partial charge is 0.227 e. The minimum Gasteiger partial charge on any atom is -0.494 e. The Kier molecular flexibility index (Phi) is 6.41. The van der Waals surface area contributed by atoms with Crippen molar-refractivity contribution >= 4 is 28.6 Å². The number of hydrogen-bond acceptors (Lipinski definition) is 8. The average Bonchev–Trinajstić information content (AvgIpc) is 2.82. The van der Waals surface area contributed by atoms with E-state index in [1.807, 2.05) is 19.3 Å². The number of likely N-dealkylation sites (N-methyl/N-ethyl adjacent to an activating group) is 1. The summed E-state index contributed by atoms with van der Waals surface area (Å²) in [5, 5.41) is 15.5. The van der Waals surface area contributed by atoms with Crippen molar-refractivity contribution in [2.24, 2.45) is 5.92 Å². The predicted molar refractivity (Wildman–Crippen MR) is 137 cm³/mol. The Hall–Kier alpha value is -3.13. The number of piperazine rings is 1. The topological polar surface area (TPSA) is 89.4 Å². The van der Waals surface area contributed by atoms with E-state index in [4.69, 9.17) is 15.1 Å². The monoisotopic (exact) mass is 461 g/mol. The number of allylic oxidation sites excluding steroid dienone is 2. The maximum atomic E-state index is 8.69. The molecule has 1 saturated heterocycles. The first-order valence-corrected chi connectivity index (χ1v) is 12.3. The Morgan fingerprint density at radius 1 is 1.15 bits per heavy atom. The van der Waals surface area contributed by atoms with Gasteiger partial charge < -0.3 is 30.6 Å². The maximum absolute atomic E-state index is 8.69. The van der Waals surface area contributed by atoms with Gasteiger partial charge in [-0.1, -0.05) is 6.42 Å². The Morgan fingerprint density at radius 3 is 2.62 bits per heavy atom. The third-order valence-electron chi connectivity index (χ3n) is 7.40. The number of anilines is 3. The van der Waals surface area contributed by atoms with Crippen molar-refractivity contribution in [2.45, 2.75) is 32.1 Å². The van der Waals surface area contributed by atoms with Gasteiger partial charge in [-0.25, -0.2) is 9.97 Å². The molecule has 0 unspecified atom stereocenters. The fraction of sp³-hybridized carbons (Fsp3) is 0.500. The zero-order chi connectivity index (χ0) is 23.7. The van der Waals surface area contributed by atoms with Gasteiger partial charge in [-0.3, -0.25) is 0 Å². The van der Waals surface area contributed by atoms with Crippen LogP contribution in [0.4, 0.5) is 17.3 Å². The highest BCUT2D eigenvalue weighted by Crippen LogP contribution is 2.39. The molecule has 0 radical (unpaired) electrons. The van der Waals surface area contributed by atoms with Crippen molar-refractivity contribution in [3.63, 3.8) is 0 Å². The Balaban J connectivity index is 1.44. The number of benzene rings is 1. The van der Waals surface area contributed by atoms with E-state index in [0.717, 1.165) is 73.0 Å². The lowest BCUT2D eigenvalue weighted by Gasteiger charge is -2.34. The SMILES string of the molecule is CN/C(=C1\C(=N)CCc2cnc(Nc3ccc(N4CCN(C)CC4)cc3OC)nc21)C1CCC1. The minimum absolute atomic E-state index is 0.500. The lowest BCUT2D eigenvalue weighted by atomic mass is 9.78. The van der Waals surface area contributed by atoms with Gasteiger partial charge in [0.25, 0.3) is 0 Å². The molecule has 1 aromatic heterocycles. The molecule has 1 aromatic carbocycles. The van der Waals surface area contributed by atoms with Gasteiger partial charge >= 0.3 is 0 Å². The minimum atomic E-state index is 0.500. The number of aromatic nitrogens is 2. The molecule has 2 fully saturated rings. The van der Waals surface area contributed by atoms with E-state index in [-0.39, 0.29) is 0 Å². The molecule has 180 valence electrons. The summed E-state index contributed by atoms with van der Waals surface area (Å²) in [6.45, 7) is 4.14. The van der Waals surface area contributed by atoms with Crippen LogP contribution >= 0.6 is 0 Å². The number of hydrogen-bond donors (Lipinski definition) is 3. The lowest BCUT2D eigenvalue weighted by molar-refractivity contribution is 0.312. The third-order valence-corrected chi connectivity index (χ3v) is 7.40. The molecule has 8 heteroatoms. The van der Waals surface area contributed by atoms with Crippen LogP contribution < -0.4 is 20.3 Å². The van der Waals surface area contributed by atoms with Crippen LogP contribution in [0, 0.1) is 11.3 Å². The summed E-state index contributed by atoms with van der Waals surface area (Å²) in [6.07, 6.45) is 7.06. The zero-order valence-corrected chi connectivity index (χ0v) is 20.4. The van der Waals surface area contributed by atoms with Crippen molar-refractivity contribution in [1.29, 1.82) is 5.41 Å². The molecular formula is C26H35N7O. The normalized spacial score (nSPS) is 20.4. The summed E-state index contributed by atoms with van der Waals surface area (Å²) in [4.78, 5) is 14.3. The third kappa shape index (κ3) is 4.34. The van der Waals surface area contributed by atoms with Crippen LogP contribution in [0.2, 0.25) is 0 Å². The fourth-order valence-electron chi connectivity index (χ4n) is 5.08. The van der Waals surface area contributed by atoms with Crippen LogP contribution in [-0.4, -0.2) is 68.0 Å². The second-order valence-corrected chi connectivity index (χ2v) is 9.51. The first-order chi connectivity index (χ1) is 16.6. The summed E-state index contributed by atoms with van der Waals surface area (Å²) in [5.74, 6) is 1.80. The van der Waals surface area contributed by atoms with Crippen LogP contribution in [-0.2, 0) is 6.42 Å². The molecule has 0 atom stereocenters. The number of aryl methyl sites for hydroxylation is 1. The van der Waals surface area contributed by atoms with Gasteiger partial charge in [0.15, 0.2) is 0 Å². The number of rotatable bonds is 6. The molecule has 1 saturated carbocycles. The quantitative estimate of drug-likeness (QED) is 0.605. The summed E-state index contributed by atoms with van der Waals surface area (Å²) in [7, 11) is 5.83. The van der Waals surface area contributed by atoms with E-state index in [0.29, 0.717) is 17.6 Å². The molecule has 1 aliphatic heterocycles. The summed E-state index contributed by atoms with van der Waals surface area (Å²) < 4.78 is 5.72. The van der Waals surface area contributed by atoms with E-state index in [2.05, 4.69) is 44.6 Å². The molecule has 0 amide bonds. The molecule has 2 aliphatic carbocycles. The van der Waals surface area contributed by atoms with Crippen molar-refractivity contribution < 1.29 is 4.74 Å². The number of methoxy groups -OCH3 is 1.